The molecule has 136 valence electrons. The molecule has 0 unspecified atom stereocenters. The number of benzene rings is 2. The number of amides is 2. The number of nitrogens with zero attached hydrogens (tertiary/aromatic N) is 2. The highest BCUT2D eigenvalue weighted by molar-refractivity contribution is 5.92. The van der Waals surface area contributed by atoms with Gasteiger partial charge in [0.1, 0.15) is 18.2 Å². The summed E-state index contributed by atoms with van der Waals surface area (Å²) in [5.74, 6) is 0.432. The maximum Gasteiger partial charge on any atom is 0.322 e. The van der Waals surface area contributed by atoms with Crippen LogP contribution in [0.25, 0.3) is 0 Å². The van der Waals surface area contributed by atoms with Gasteiger partial charge in [0, 0.05) is 23.6 Å². The number of carbonyl (C=O) groups is 1. The molecule has 1 aliphatic rings. The second kappa shape index (κ2) is 7.45. The zero-order chi connectivity index (χ0) is 18.6. The fourth-order valence-electron chi connectivity index (χ4n) is 3.08. The van der Waals surface area contributed by atoms with Crippen molar-refractivity contribution in [3.05, 3.63) is 90.0 Å². The minimum atomic E-state index is -0.349. The van der Waals surface area contributed by atoms with Crippen molar-refractivity contribution >= 4 is 11.7 Å². The van der Waals surface area contributed by atoms with Gasteiger partial charge in [-0.1, -0.05) is 24.3 Å². The first-order chi connectivity index (χ1) is 13.2. The van der Waals surface area contributed by atoms with Crippen molar-refractivity contribution in [2.75, 3.05) is 11.5 Å². The van der Waals surface area contributed by atoms with Crippen LogP contribution in [0.15, 0.2) is 73.1 Å². The standard InChI is InChI=1S/C21H18FN3O2/c22-16-7-9-17(10-8-16)25(13-15-4-3-11-23-12-15)21(26)24-19-14-27-20-6-2-1-5-18(19)20/h1-12,19H,13-14H2,(H,24,26)/t19-/m1/s1. The number of fused-ring (bicyclic) bond motifs is 1. The number of pyridine rings is 1. The minimum Gasteiger partial charge on any atom is -0.491 e. The number of hydrogen-bond acceptors (Lipinski definition) is 3. The highest BCUT2D eigenvalue weighted by Crippen LogP contribution is 2.32. The lowest BCUT2D eigenvalue weighted by molar-refractivity contribution is 0.237. The summed E-state index contributed by atoms with van der Waals surface area (Å²) in [5.41, 5.74) is 2.43. The SMILES string of the molecule is O=C(N[C@@H]1COc2ccccc21)N(Cc1cccnc1)c1ccc(F)cc1. The third kappa shape index (κ3) is 3.74. The first kappa shape index (κ1) is 17.0. The molecule has 1 aliphatic heterocycles. The number of nitrogens with one attached hydrogen (secondary N) is 1. The monoisotopic (exact) mass is 363 g/mol. The number of anilines is 1. The van der Waals surface area contributed by atoms with Gasteiger partial charge in [0.15, 0.2) is 0 Å². The van der Waals surface area contributed by atoms with Crippen LogP contribution in [0.3, 0.4) is 0 Å². The Bertz CT molecular complexity index is 932. The van der Waals surface area contributed by atoms with E-state index in [9.17, 15) is 9.18 Å². The minimum absolute atomic E-state index is 0.231. The van der Waals surface area contributed by atoms with Gasteiger partial charge in [-0.3, -0.25) is 9.88 Å². The molecule has 3 aromatic rings. The van der Waals surface area contributed by atoms with Gasteiger partial charge in [-0.05, 0) is 42.0 Å². The van der Waals surface area contributed by atoms with Crippen molar-refractivity contribution in [3.63, 3.8) is 0 Å². The molecular formula is C21H18FN3O2. The molecule has 0 radical (unpaired) electrons. The third-order valence-electron chi connectivity index (χ3n) is 4.44. The van der Waals surface area contributed by atoms with Crippen LogP contribution in [0.4, 0.5) is 14.9 Å². The topological polar surface area (TPSA) is 54.5 Å². The van der Waals surface area contributed by atoms with Crippen molar-refractivity contribution in [2.24, 2.45) is 0 Å². The molecule has 0 fully saturated rings. The fourth-order valence-corrected chi connectivity index (χ4v) is 3.08. The summed E-state index contributed by atoms with van der Waals surface area (Å²) in [7, 11) is 0. The van der Waals surface area contributed by atoms with Crippen LogP contribution in [0.1, 0.15) is 17.2 Å². The van der Waals surface area contributed by atoms with Gasteiger partial charge in [-0.15, -0.1) is 0 Å². The lowest BCUT2D eigenvalue weighted by Crippen LogP contribution is -2.42. The van der Waals surface area contributed by atoms with E-state index in [0.717, 1.165) is 16.9 Å². The number of aromatic nitrogens is 1. The van der Waals surface area contributed by atoms with Crippen LogP contribution in [-0.4, -0.2) is 17.6 Å². The van der Waals surface area contributed by atoms with Gasteiger partial charge in [-0.25, -0.2) is 9.18 Å². The summed E-state index contributed by atoms with van der Waals surface area (Å²) in [6.45, 7) is 0.704. The van der Waals surface area contributed by atoms with E-state index in [-0.39, 0.29) is 17.9 Å². The van der Waals surface area contributed by atoms with Crippen LogP contribution in [-0.2, 0) is 6.54 Å². The second-order valence-corrected chi connectivity index (χ2v) is 6.27. The number of ether oxygens (including phenoxy) is 1. The van der Waals surface area contributed by atoms with E-state index in [1.807, 2.05) is 36.4 Å². The number of para-hydroxylation sites is 1. The highest BCUT2D eigenvalue weighted by Gasteiger charge is 2.27. The van der Waals surface area contributed by atoms with Crippen molar-refractivity contribution in [1.82, 2.24) is 10.3 Å². The van der Waals surface area contributed by atoms with Crippen molar-refractivity contribution in [3.8, 4) is 5.75 Å². The van der Waals surface area contributed by atoms with Crippen molar-refractivity contribution < 1.29 is 13.9 Å². The number of rotatable bonds is 4. The van der Waals surface area contributed by atoms with E-state index in [1.54, 1.807) is 29.4 Å². The lowest BCUT2D eigenvalue weighted by atomic mass is 10.1. The van der Waals surface area contributed by atoms with Crippen molar-refractivity contribution in [2.45, 2.75) is 12.6 Å². The third-order valence-corrected chi connectivity index (χ3v) is 4.44. The van der Waals surface area contributed by atoms with E-state index in [2.05, 4.69) is 10.3 Å². The molecule has 2 aromatic carbocycles. The van der Waals surface area contributed by atoms with Gasteiger partial charge >= 0.3 is 6.03 Å². The maximum atomic E-state index is 13.3. The summed E-state index contributed by atoms with van der Waals surface area (Å²) in [6.07, 6.45) is 3.39. The molecule has 6 heteroatoms. The summed E-state index contributed by atoms with van der Waals surface area (Å²) < 4.78 is 19.0. The maximum absolute atomic E-state index is 13.3. The van der Waals surface area contributed by atoms with Gasteiger partial charge in [0.25, 0.3) is 0 Å². The fraction of sp³-hybridized carbons (Fsp3) is 0.143. The zero-order valence-corrected chi connectivity index (χ0v) is 14.5. The van der Waals surface area contributed by atoms with E-state index in [1.165, 1.54) is 12.1 Å². The Labute approximate surface area is 156 Å². The molecule has 1 N–H and O–H groups in total. The van der Waals surface area contributed by atoms with E-state index >= 15 is 0 Å². The number of carbonyl (C=O) groups excluding carboxylic acids is 1. The predicted octanol–water partition coefficient (Wildman–Crippen LogP) is 4.07. The van der Waals surface area contributed by atoms with Crippen LogP contribution in [0.2, 0.25) is 0 Å². The number of hydrogen-bond donors (Lipinski definition) is 1. The van der Waals surface area contributed by atoms with E-state index in [0.29, 0.717) is 18.8 Å². The highest BCUT2D eigenvalue weighted by atomic mass is 19.1. The molecule has 0 aliphatic carbocycles. The Morgan fingerprint density at radius 1 is 1.15 bits per heavy atom. The summed E-state index contributed by atoms with van der Waals surface area (Å²) >= 11 is 0. The van der Waals surface area contributed by atoms with E-state index in [4.69, 9.17) is 4.74 Å². The normalized spacial score (nSPS) is 14.9. The Balaban J connectivity index is 1.58. The first-order valence-corrected chi connectivity index (χ1v) is 8.65. The van der Waals surface area contributed by atoms with Gasteiger partial charge in [0.05, 0.1) is 12.6 Å². The molecule has 0 spiro atoms. The molecule has 0 bridgehead atoms. The number of urea groups is 1. The van der Waals surface area contributed by atoms with Gasteiger partial charge in [0.2, 0.25) is 0 Å². The Kier molecular flexibility index (Phi) is 4.70. The first-order valence-electron chi connectivity index (χ1n) is 8.65. The van der Waals surface area contributed by atoms with E-state index < -0.39 is 0 Å². The lowest BCUT2D eigenvalue weighted by Gasteiger charge is -2.25. The Hall–Kier alpha value is -3.41. The van der Waals surface area contributed by atoms with Gasteiger partial charge < -0.3 is 10.1 Å². The molecule has 27 heavy (non-hydrogen) atoms. The quantitative estimate of drug-likeness (QED) is 0.760. The predicted molar refractivity (Wildman–Crippen MR) is 100 cm³/mol. The zero-order valence-electron chi connectivity index (χ0n) is 14.5. The molecule has 1 aromatic heterocycles. The second-order valence-electron chi connectivity index (χ2n) is 6.27. The molecular weight excluding hydrogens is 345 g/mol. The molecule has 2 amide bonds. The van der Waals surface area contributed by atoms with Crippen LogP contribution >= 0.6 is 0 Å². The number of halogens is 1. The van der Waals surface area contributed by atoms with Crippen molar-refractivity contribution in [1.29, 1.82) is 0 Å². The molecule has 2 heterocycles. The summed E-state index contributed by atoms with van der Waals surface area (Å²) in [4.78, 5) is 18.7. The molecule has 1 atom stereocenters. The summed E-state index contributed by atoms with van der Waals surface area (Å²) in [5, 5.41) is 3.02. The van der Waals surface area contributed by atoms with Gasteiger partial charge in [-0.2, -0.15) is 0 Å². The van der Waals surface area contributed by atoms with Crippen LogP contribution in [0, 0.1) is 5.82 Å². The molecule has 4 rings (SSSR count). The Morgan fingerprint density at radius 3 is 2.74 bits per heavy atom. The smallest absolute Gasteiger partial charge is 0.322 e. The van der Waals surface area contributed by atoms with Crippen LogP contribution in [0.5, 0.6) is 5.75 Å². The van der Waals surface area contributed by atoms with Crippen LogP contribution < -0.4 is 15.0 Å². The average molecular weight is 363 g/mol. The molecule has 5 nitrogen and oxygen atoms in total. The summed E-state index contributed by atoms with van der Waals surface area (Å²) in [6, 6.07) is 16.7. The molecule has 0 saturated heterocycles. The largest absolute Gasteiger partial charge is 0.491 e. The average Bonchev–Trinajstić information content (AvgIpc) is 3.11. The Morgan fingerprint density at radius 2 is 1.96 bits per heavy atom. The molecule has 0 saturated carbocycles.